The van der Waals surface area contributed by atoms with Crippen LogP contribution in [0.2, 0.25) is 5.02 Å². The van der Waals surface area contributed by atoms with Gasteiger partial charge in [-0.25, -0.2) is 9.97 Å². The van der Waals surface area contributed by atoms with Crippen molar-refractivity contribution in [1.82, 2.24) is 15.3 Å². The molecule has 2 aromatic carbocycles. The highest BCUT2D eigenvalue weighted by Gasteiger charge is 2.27. The molecule has 1 aliphatic heterocycles. The summed E-state index contributed by atoms with van der Waals surface area (Å²) in [5.41, 5.74) is 3.09. The van der Waals surface area contributed by atoms with E-state index in [0.717, 1.165) is 16.8 Å². The van der Waals surface area contributed by atoms with Crippen molar-refractivity contribution in [1.29, 1.82) is 0 Å². The molecule has 32 heavy (non-hydrogen) atoms. The number of aromatic nitrogens is 2. The Labute approximate surface area is 195 Å². The first-order valence-corrected chi connectivity index (χ1v) is 11.5. The Morgan fingerprint density at radius 3 is 2.84 bits per heavy atom. The van der Waals surface area contributed by atoms with Crippen molar-refractivity contribution in [2.45, 2.75) is 17.7 Å². The van der Waals surface area contributed by atoms with Gasteiger partial charge in [0.25, 0.3) is 5.91 Å². The van der Waals surface area contributed by atoms with E-state index in [1.165, 1.54) is 18.9 Å². The summed E-state index contributed by atoms with van der Waals surface area (Å²) in [5.74, 6) is 1.43. The van der Waals surface area contributed by atoms with Gasteiger partial charge in [0, 0.05) is 23.7 Å². The van der Waals surface area contributed by atoms with E-state index in [-0.39, 0.29) is 12.0 Å². The topological polar surface area (TPSA) is 82.6 Å². The van der Waals surface area contributed by atoms with Crippen molar-refractivity contribution in [2.24, 2.45) is 0 Å². The number of amides is 1. The van der Waals surface area contributed by atoms with Gasteiger partial charge in [0.05, 0.1) is 37.0 Å². The van der Waals surface area contributed by atoms with Crippen LogP contribution < -0.4 is 19.5 Å². The summed E-state index contributed by atoms with van der Waals surface area (Å²) in [6, 6.07) is 10.8. The summed E-state index contributed by atoms with van der Waals surface area (Å²) in [7, 11) is 3.07. The number of fused-ring (bicyclic) bond motifs is 1. The van der Waals surface area contributed by atoms with Crippen molar-refractivity contribution >= 4 is 29.3 Å². The van der Waals surface area contributed by atoms with E-state index >= 15 is 0 Å². The molecule has 0 saturated carbocycles. The predicted octanol–water partition coefficient (Wildman–Crippen LogP) is 4.27. The first-order valence-electron chi connectivity index (χ1n) is 9.89. The third-order valence-corrected chi connectivity index (χ3v) is 5.95. The number of ether oxygens (including phenoxy) is 3. The summed E-state index contributed by atoms with van der Waals surface area (Å²) in [4.78, 5) is 21.5. The average Bonchev–Trinajstić information content (AvgIpc) is 3.25. The van der Waals surface area contributed by atoms with E-state index in [1.807, 2.05) is 24.5 Å². The number of methoxy groups -OCH3 is 2. The highest BCUT2D eigenvalue weighted by molar-refractivity contribution is 7.98. The number of thioether (sulfide) groups is 1. The van der Waals surface area contributed by atoms with E-state index < -0.39 is 0 Å². The normalized spacial score (nSPS) is 14.4. The van der Waals surface area contributed by atoms with Crippen molar-refractivity contribution in [3.8, 4) is 28.5 Å². The largest absolute Gasteiger partial charge is 0.497 e. The zero-order valence-corrected chi connectivity index (χ0v) is 19.4. The van der Waals surface area contributed by atoms with Crippen molar-refractivity contribution < 1.29 is 19.0 Å². The highest BCUT2D eigenvalue weighted by Crippen LogP contribution is 2.39. The van der Waals surface area contributed by atoms with Gasteiger partial charge in [0.15, 0.2) is 5.16 Å². The number of benzene rings is 2. The molecule has 2 heterocycles. The third-order valence-electron chi connectivity index (χ3n) is 5.11. The second kappa shape index (κ2) is 9.67. The Bertz CT molecular complexity index is 1160. The van der Waals surface area contributed by atoms with Crippen molar-refractivity contribution in [3.63, 3.8) is 0 Å². The van der Waals surface area contributed by atoms with Gasteiger partial charge in [-0.3, -0.25) is 4.79 Å². The van der Waals surface area contributed by atoms with Crippen LogP contribution >= 0.6 is 23.4 Å². The average molecular weight is 472 g/mol. The van der Waals surface area contributed by atoms with Gasteiger partial charge in [-0.1, -0.05) is 23.4 Å². The Balaban J connectivity index is 1.47. The molecule has 0 radical (unpaired) electrons. The number of hydrogen-bond acceptors (Lipinski definition) is 7. The number of carbonyl (C=O) groups is 1. The number of nitrogens with zero attached hydrogens (tertiary/aromatic N) is 2. The lowest BCUT2D eigenvalue weighted by atomic mass is 10.0. The SMILES string of the molecule is COc1ccc(OC)c(C(=O)NC[C@@H]2Cc3cc(-c4ccnc(SC)n4)cc(Cl)c3O2)c1. The van der Waals surface area contributed by atoms with Crippen LogP contribution in [0.1, 0.15) is 15.9 Å². The van der Waals surface area contributed by atoms with Crippen LogP contribution in [0.4, 0.5) is 0 Å². The maximum Gasteiger partial charge on any atom is 0.255 e. The predicted molar refractivity (Wildman–Crippen MR) is 124 cm³/mol. The smallest absolute Gasteiger partial charge is 0.255 e. The maximum atomic E-state index is 12.7. The molecule has 4 rings (SSSR count). The fourth-order valence-electron chi connectivity index (χ4n) is 3.54. The zero-order valence-electron chi connectivity index (χ0n) is 17.8. The van der Waals surface area contributed by atoms with Crippen molar-refractivity contribution in [2.75, 3.05) is 27.0 Å². The van der Waals surface area contributed by atoms with Crippen LogP contribution in [0.25, 0.3) is 11.3 Å². The Morgan fingerprint density at radius 1 is 1.25 bits per heavy atom. The lowest BCUT2D eigenvalue weighted by molar-refractivity contribution is 0.0930. The van der Waals surface area contributed by atoms with E-state index in [1.54, 1.807) is 31.5 Å². The second-order valence-corrected chi connectivity index (χ2v) is 8.28. The van der Waals surface area contributed by atoms with Crippen LogP contribution in [0, 0.1) is 0 Å². The second-order valence-electron chi connectivity index (χ2n) is 7.10. The molecule has 1 aliphatic rings. The molecule has 0 aliphatic carbocycles. The van der Waals surface area contributed by atoms with Crippen LogP contribution in [-0.4, -0.2) is 49.0 Å². The third kappa shape index (κ3) is 4.61. The monoisotopic (exact) mass is 471 g/mol. The van der Waals surface area contributed by atoms with Crippen molar-refractivity contribution in [3.05, 3.63) is 58.7 Å². The summed E-state index contributed by atoms with van der Waals surface area (Å²) >= 11 is 7.99. The molecule has 0 saturated heterocycles. The molecule has 0 unspecified atom stereocenters. The van der Waals surface area contributed by atoms with Gasteiger partial charge in [-0.15, -0.1) is 0 Å². The van der Waals surface area contributed by atoms with Gasteiger partial charge in [0.1, 0.15) is 23.4 Å². The minimum atomic E-state index is -0.266. The van der Waals surface area contributed by atoms with E-state index in [0.29, 0.717) is 46.0 Å². The lowest BCUT2D eigenvalue weighted by Crippen LogP contribution is -2.34. The first kappa shape index (κ1) is 22.2. The quantitative estimate of drug-likeness (QED) is 0.407. The molecular formula is C23H22ClN3O4S. The first-order chi connectivity index (χ1) is 15.5. The molecule has 7 nitrogen and oxygen atoms in total. The lowest BCUT2D eigenvalue weighted by Gasteiger charge is -2.14. The number of nitrogens with one attached hydrogen (secondary N) is 1. The number of hydrogen-bond donors (Lipinski definition) is 1. The van der Waals surface area contributed by atoms with E-state index in [2.05, 4.69) is 15.3 Å². The number of rotatable bonds is 7. The molecule has 0 bridgehead atoms. The molecule has 1 N–H and O–H groups in total. The molecule has 0 spiro atoms. The van der Waals surface area contributed by atoms with Crippen LogP contribution in [0.5, 0.6) is 17.2 Å². The van der Waals surface area contributed by atoms with Crippen LogP contribution in [-0.2, 0) is 6.42 Å². The Hall–Kier alpha value is -2.97. The summed E-state index contributed by atoms with van der Waals surface area (Å²) in [5, 5.41) is 4.13. The fourth-order valence-corrected chi connectivity index (χ4v) is 4.18. The maximum absolute atomic E-state index is 12.7. The highest BCUT2D eigenvalue weighted by atomic mass is 35.5. The number of halogens is 1. The molecule has 1 aromatic heterocycles. The van der Waals surface area contributed by atoms with Crippen LogP contribution in [0.15, 0.2) is 47.8 Å². The minimum absolute atomic E-state index is 0.231. The van der Waals surface area contributed by atoms with Gasteiger partial charge >= 0.3 is 0 Å². The number of carbonyl (C=O) groups excluding carboxylic acids is 1. The van der Waals surface area contributed by atoms with Gasteiger partial charge < -0.3 is 19.5 Å². The summed E-state index contributed by atoms with van der Waals surface area (Å²) in [6.07, 6.45) is 4.06. The summed E-state index contributed by atoms with van der Waals surface area (Å²) < 4.78 is 16.5. The fraction of sp³-hybridized carbons (Fsp3) is 0.261. The Morgan fingerprint density at radius 2 is 2.09 bits per heavy atom. The molecule has 1 atom stereocenters. The molecule has 9 heteroatoms. The molecule has 1 amide bonds. The van der Waals surface area contributed by atoms with Gasteiger partial charge in [-0.2, -0.15) is 0 Å². The Kier molecular flexibility index (Phi) is 6.72. The zero-order chi connectivity index (χ0) is 22.7. The molecular weight excluding hydrogens is 450 g/mol. The van der Waals surface area contributed by atoms with E-state index in [9.17, 15) is 4.79 Å². The van der Waals surface area contributed by atoms with E-state index in [4.69, 9.17) is 25.8 Å². The molecule has 166 valence electrons. The van der Waals surface area contributed by atoms with Crippen LogP contribution in [0.3, 0.4) is 0 Å². The van der Waals surface area contributed by atoms with Gasteiger partial charge in [0.2, 0.25) is 0 Å². The minimum Gasteiger partial charge on any atom is -0.497 e. The van der Waals surface area contributed by atoms with Gasteiger partial charge in [-0.05, 0) is 42.7 Å². The standard InChI is InChI=1S/C23H22ClN3O4S/c1-29-15-4-5-20(30-2)17(11-15)22(28)26-12-16-9-14-8-13(10-18(24)21(14)31-16)19-6-7-25-23(27-19)32-3/h4-8,10-11,16H,9,12H2,1-3H3,(H,26,28)/t16-/m0/s1. The molecule has 0 fully saturated rings. The molecule has 3 aromatic rings. The summed E-state index contributed by atoms with van der Waals surface area (Å²) in [6.45, 7) is 0.323.